The number of rotatable bonds is 8. The minimum Gasteiger partial charge on any atom is -0.356 e. The maximum atomic E-state index is 12.7. The molecule has 0 aromatic heterocycles. The van der Waals surface area contributed by atoms with E-state index in [-0.39, 0.29) is 30.0 Å². The second-order valence-electron chi connectivity index (χ2n) is 9.19. The van der Waals surface area contributed by atoms with E-state index in [0.29, 0.717) is 5.91 Å². The Hall–Kier alpha value is -0.650. The van der Waals surface area contributed by atoms with E-state index in [1.165, 1.54) is 52.1 Å². The maximum absolute atomic E-state index is 12.7. The molecular weight excluding hydrogens is 517 g/mol. The van der Waals surface area contributed by atoms with Crippen LogP contribution in [0.4, 0.5) is 0 Å². The van der Waals surface area contributed by atoms with Gasteiger partial charge in [-0.3, -0.25) is 14.7 Å². The molecule has 9 heteroatoms. The van der Waals surface area contributed by atoms with Gasteiger partial charge in [-0.1, -0.05) is 6.92 Å². The van der Waals surface area contributed by atoms with Crippen molar-refractivity contribution in [3.8, 4) is 0 Å². The van der Waals surface area contributed by atoms with Crippen LogP contribution in [0, 0.1) is 0 Å². The normalized spacial score (nSPS) is 22.7. The zero-order valence-corrected chi connectivity index (χ0v) is 22.9. The first-order chi connectivity index (χ1) is 15.1. The van der Waals surface area contributed by atoms with Crippen LogP contribution < -0.4 is 5.32 Å². The summed E-state index contributed by atoms with van der Waals surface area (Å²) in [5.41, 5.74) is 0. The van der Waals surface area contributed by atoms with Crippen LogP contribution in [0.2, 0.25) is 0 Å². The number of nitrogens with one attached hydrogen (secondary N) is 1. The average Bonchev–Trinajstić information content (AvgIpc) is 3.36. The lowest BCUT2D eigenvalue weighted by molar-refractivity contribution is -0.135. The lowest BCUT2D eigenvalue weighted by Crippen LogP contribution is -2.57. The lowest BCUT2D eigenvalue weighted by atomic mass is 10.2. The molecule has 3 aliphatic rings. The van der Waals surface area contributed by atoms with Gasteiger partial charge >= 0.3 is 0 Å². The third kappa shape index (κ3) is 7.99. The van der Waals surface area contributed by atoms with E-state index in [4.69, 9.17) is 0 Å². The van der Waals surface area contributed by atoms with Crippen LogP contribution >= 0.6 is 24.0 Å². The number of amides is 1. The van der Waals surface area contributed by atoms with E-state index < -0.39 is 0 Å². The van der Waals surface area contributed by atoms with Crippen LogP contribution in [0.5, 0.6) is 0 Å². The Morgan fingerprint density at radius 3 is 2.09 bits per heavy atom. The average molecular weight is 564 g/mol. The number of hydrogen-bond acceptors (Lipinski definition) is 5. The molecule has 0 aromatic carbocycles. The Kier molecular flexibility index (Phi) is 12.6. The Morgan fingerprint density at radius 1 is 0.875 bits per heavy atom. The van der Waals surface area contributed by atoms with Crippen LogP contribution in [0.1, 0.15) is 39.5 Å². The molecule has 0 bridgehead atoms. The highest BCUT2D eigenvalue weighted by atomic mass is 127. The summed E-state index contributed by atoms with van der Waals surface area (Å²) >= 11 is 0. The zero-order chi connectivity index (χ0) is 22.1. The molecule has 1 unspecified atom stereocenters. The number of likely N-dealkylation sites (tertiary alicyclic amines) is 1. The van der Waals surface area contributed by atoms with Gasteiger partial charge in [-0.05, 0) is 45.7 Å². The number of aliphatic imine (C=N–C) groups is 1. The molecule has 3 heterocycles. The van der Waals surface area contributed by atoms with Crippen molar-refractivity contribution in [3.05, 3.63) is 0 Å². The molecular formula is C23H46IN7O. The third-order valence-electron chi connectivity index (χ3n) is 7.24. The Bertz CT molecular complexity index is 569. The third-order valence-corrected chi connectivity index (χ3v) is 7.24. The number of guanidine groups is 1. The minimum absolute atomic E-state index is 0. The van der Waals surface area contributed by atoms with Crippen LogP contribution in [-0.2, 0) is 4.79 Å². The highest BCUT2D eigenvalue weighted by Gasteiger charge is 2.30. The van der Waals surface area contributed by atoms with E-state index in [9.17, 15) is 4.79 Å². The van der Waals surface area contributed by atoms with E-state index in [2.05, 4.69) is 43.8 Å². The van der Waals surface area contributed by atoms with E-state index >= 15 is 0 Å². The van der Waals surface area contributed by atoms with Crippen molar-refractivity contribution in [2.75, 3.05) is 92.1 Å². The summed E-state index contributed by atoms with van der Waals surface area (Å²) < 4.78 is 0. The van der Waals surface area contributed by atoms with Crippen molar-refractivity contribution in [3.63, 3.8) is 0 Å². The van der Waals surface area contributed by atoms with Gasteiger partial charge in [0.05, 0.1) is 6.04 Å². The van der Waals surface area contributed by atoms with Crippen molar-refractivity contribution in [2.45, 2.75) is 45.6 Å². The number of unbranched alkanes of at least 4 members (excludes halogenated alkanes) is 1. The lowest BCUT2D eigenvalue weighted by Gasteiger charge is -2.39. The molecule has 1 N–H and O–H groups in total. The molecule has 0 aromatic rings. The molecule has 1 amide bonds. The summed E-state index contributed by atoms with van der Waals surface area (Å²) in [5.74, 6) is 1.32. The number of halogens is 1. The number of nitrogens with zero attached hydrogens (tertiary/aromatic N) is 6. The van der Waals surface area contributed by atoms with Gasteiger partial charge in [-0.15, -0.1) is 24.0 Å². The number of hydrogen-bond donors (Lipinski definition) is 1. The SMILES string of the molecule is CCN1CCN(CCCCNC(=NC)N2CCN(C(C)C(=O)N3CCCC3)CC2)CC1.I. The first kappa shape index (κ1) is 27.6. The van der Waals surface area contributed by atoms with Gasteiger partial charge in [0.1, 0.15) is 0 Å². The Morgan fingerprint density at radius 2 is 1.50 bits per heavy atom. The molecule has 186 valence electrons. The number of carbonyl (C=O) groups excluding carboxylic acids is 1. The maximum Gasteiger partial charge on any atom is 0.239 e. The summed E-state index contributed by atoms with van der Waals surface area (Å²) in [6.45, 7) is 18.1. The summed E-state index contributed by atoms with van der Waals surface area (Å²) in [7, 11) is 1.88. The molecule has 1 atom stereocenters. The van der Waals surface area contributed by atoms with Crippen molar-refractivity contribution in [2.24, 2.45) is 4.99 Å². The molecule has 0 radical (unpaired) electrons. The summed E-state index contributed by atoms with van der Waals surface area (Å²) in [6.07, 6.45) is 4.72. The van der Waals surface area contributed by atoms with Crippen LogP contribution in [0.15, 0.2) is 4.99 Å². The highest BCUT2D eigenvalue weighted by molar-refractivity contribution is 14.0. The van der Waals surface area contributed by atoms with Crippen molar-refractivity contribution >= 4 is 35.8 Å². The Balaban J connectivity index is 0.00000363. The van der Waals surface area contributed by atoms with Crippen molar-refractivity contribution < 1.29 is 4.79 Å². The van der Waals surface area contributed by atoms with Gasteiger partial charge in [0.15, 0.2) is 5.96 Å². The Labute approximate surface area is 212 Å². The monoisotopic (exact) mass is 563 g/mol. The standard InChI is InChI=1S/C23H45N7O.HI/c1-4-26-13-15-27(16-14-26)10-6-5-9-25-23(24-3)30-19-17-28(18-20-30)21(2)22(31)29-11-7-8-12-29;/h21H,4-20H2,1-3H3,(H,24,25);1H. The van der Waals surface area contributed by atoms with Crippen molar-refractivity contribution in [1.82, 2.24) is 29.8 Å². The van der Waals surface area contributed by atoms with Gasteiger partial charge in [0, 0.05) is 79.0 Å². The highest BCUT2D eigenvalue weighted by Crippen LogP contribution is 2.14. The van der Waals surface area contributed by atoms with Crippen LogP contribution in [0.3, 0.4) is 0 Å². The predicted molar refractivity (Wildman–Crippen MR) is 143 cm³/mol. The number of carbonyl (C=O) groups is 1. The molecule has 3 rings (SSSR count). The second-order valence-corrected chi connectivity index (χ2v) is 9.19. The van der Waals surface area contributed by atoms with Gasteiger partial charge in [0.25, 0.3) is 0 Å². The van der Waals surface area contributed by atoms with Gasteiger partial charge < -0.3 is 24.9 Å². The van der Waals surface area contributed by atoms with Crippen LogP contribution in [0.25, 0.3) is 0 Å². The summed E-state index contributed by atoms with van der Waals surface area (Å²) in [4.78, 5) is 29.1. The van der Waals surface area contributed by atoms with E-state index in [1.54, 1.807) is 0 Å². The number of piperazine rings is 2. The molecule has 3 saturated heterocycles. The summed E-state index contributed by atoms with van der Waals surface area (Å²) in [5, 5.41) is 3.56. The molecule has 32 heavy (non-hydrogen) atoms. The van der Waals surface area contributed by atoms with Gasteiger partial charge in [-0.2, -0.15) is 0 Å². The molecule has 3 aliphatic heterocycles. The minimum atomic E-state index is -0.00517. The fourth-order valence-corrected chi connectivity index (χ4v) is 5.00. The first-order valence-electron chi connectivity index (χ1n) is 12.6. The topological polar surface area (TPSA) is 57.7 Å². The fraction of sp³-hybridized carbons (Fsp3) is 0.913. The van der Waals surface area contributed by atoms with Crippen LogP contribution in [-0.4, -0.2) is 135 Å². The van der Waals surface area contributed by atoms with E-state index in [0.717, 1.165) is 64.6 Å². The molecule has 0 aliphatic carbocycles. The first-order valence-corrected chi connectivity index (χ1v) is 12.6. The summed E-state index contributed by atoms with van der Waals surface area (Å²) in [6, 6.07) is -0.00517. The predicted octanol–water partition coefficient (Wildman–Crippen LogP) is 1.23. The van der Waals surface area contributed by atoms with Gasteiger partial charge in [-0.25, -0.2) is 0 Å². The molecule has 0 saturated carbocycles. The fourth-order valence-electron chi connectivity index (χ4n) is 5.00. The number of likely N-dealkylation sites (N-methyl/N-ethyl adjacent to an activating group) is 1. The second kappa shape index (κ2) is 14.6. The van der Waals surface area contributed by atoms with Crippen molar-refractivity contribution in [1.29, 1.82) is 0 Å². The van der Waals surface area contributed by atoms with Gasteiger partial charge in [0.2, 0.25) is 5.91 Å². The van der Waals surface area contributed by atoms with E-state index in [1.807, 2.05) is 11.9 Å². The molecule has 3 fully saturated rings. The largest absolute Gasteiger partial charge is 0.356 e. The molecule has 8 nitrogen and oxygen atoms in total. The zero-order valence-electron chi connectivity index (χ0n) is 20.6. The smallest absolute Gasteiger partial charge is 0.239 e. The quantitative estimate of drug-likeness (QED) is 0.208. The molecule has 0 spiro atoms.